The van der Waals surface area contributed by atoms with Crippen molar-refractivity contribution in [1.29, 1.82) is 0 Å². The van der Waals surface area contributed by atoms with Gasteiger partial charge in [0.2, 0.25) is 0 Å². The first kappa shape index (κ1) is 39.3. The van der Waals surface area contributed by atoms with E-state index in [4.69, 9.17) is 19.9 Å². The van der Waals surface area contributed by atoms with Gasteiger partial charge in [-0.3, -0.25) is 4.79 Å². The maximum Gasteiger partial charge on any atom is 0.407 e. The number of amides is 2. The number of esters is 1. The Bertz CT molecular complexity index is 1010. The molecule has 5 aliphatic carbocycles. The summed E-state index contributed by atoms with van der Waals surface area (Å²) in [4.78, 5) is 34.6. The van der Waals surface area contributed by atoms with Crippen LogP contribution in [0, 0.1) is 17.8 Å². The van der Waals surface area contributed by atoms with Crippen LogP contribution in [0.15, 0.2) is 0 Å². The Morgan fingerprint density at radius 2 is 0.957 bits per heavy atom. The zero-order chi connectivity index (χ0) is 35.0. The summed E-state index contributed by atoms with van der Waals surface area (Å²) in [6.45, 7) is 11.1. The van der Waals surface area contributed by atoms with Crippen molar-refractivity contribution in [2.75, 3.05) is 7.11 Å². The molecule has 2 amide bonds. The summed E-state index contributed by atoms with van der Waals surface area (Å²) < 4.78 is 15.2. The summed E-state index contributed by atoms with van der Waals surface area (Å²) in [6, 6.07) is 0.716. The molecule has 0 heterocycles. The standard InChI is InChI=1S/C14H25NO3.C13H23NO4.C9H17NO/c1-13(2,3)18-12(16)15-11-6-4-10(5-7-11)14(17)8-9-14;1-13(2,3)18-12(16)14-10-7-5-9(6-8-10)11(15)17-4;10-8-3-1-7(2-4-8)9(11)5-6-9/h10-11,17H,4-9H2,1-3H3,(H,15,16);9-10H,5-8H2,1-4H3,(H,14,16);7-8,11H,1-6,10H2. The minimum atomic E-state index is -0.479. The van der Waals surface area contributed by atoms with Crippen LogP contribution in [-0.4, -0.2) is 76.0 Å². The molecule has 5 saturated carbocycles. The predicted molar refractivity (Wildman–Crippen MR) is 181 cm³/mol. The molecule has 5 aliphatic rings. The topological polar surface area (TPSA) is 169 Å². The average molecular weight is 668 g/mol. The Kier molecular flexibility index (Phi) is 13.8. The second kappa shape index (κ2) is 16.5. The third-order valence-electron chi connectivity index (χ3n) is 10.2. The summed E-state index contributed by atoms with van der Waals surface area (Å²) in [5.74, 6) is 0.842. The summed E-state index contributed by atoms with van der Waals surface area (Å²) in [6.07, 6.45) is 14.8. The third-order valence-corrected chi connectivity index (χ3v) is 10.2. The molecule has 11 nitrogen and oxygen atoms in total. The lowest BCUT2D eigenvalue weighted by atomic mass is 9.81. The summed E-state index contributed by atoms with van der Waals surface area (Å²) in [7, 11) is 1.41. The number of hydrogen-bond acceptors (Lipinski definition) is 9. The van der Waals surface area contributed by atoms with Gasteiger partial charge in [-0.1, -0.05) is 0 Å². The first-order chi connectivity index (χ1) is 21.8. The van der Waals surface area contributed by atoms with Crippen LogP contribution in [0.5, 0.6) is 0 Å². The van der Waals surface area contributed by atoms with Crippen LogP contribution in [0.25, 0.3) is 0 Å². The van der Waals surface area contributed by atoms with Crippen molar-refractivity contribution in [3.05, 3.63) is 0 Å². The highest BCUT2D eigenvalue weighted by Gasteiger charge is 2.49. The Morgan fingerprint density at radius 3 is 1.28 bits per heavy atom. The molecule has 272 valence electrons. The lowest BCUT2D eigenvalue weighted by Crippen LogP contribution is -2.42. The van der Waals surface area contributed by atoms with Crippen molar-refractivity contribution < 1.29 is 38.8 Å². The Hall–Kier alpha value is -2.11. The molecule has 0 aromatic carbocycles. The molecule has 0 unspecified atom stereocenters. The minimum Gasteiger partial charge on any atom is -0.469 e. The number of carbonyl (C=O) groups is 3. The smallest absolute Gasteiger partial charge is 0.407 e. The summed E-state index contributed by atoms with van der Waals surface area (Å²) in [5, 5.41) is 25.6. The number of ether oxygens (including phenoxy) is 3. The van der Waals surface area contributed by atoms with Gasteiger partial charge in [-0.25, -0.2) is 9.59 Å². The highest BCUT2D eigenvalue weighted by Crippen LogP contribution is 2.48. The van der Waals surface area contributed by atoms with Gasteiger partial charge < -0.3 is 40.8 Å². The van der Waals surface area contributed by atoms with Crippen LogP contribution in [-0.2, 0) is 19.0 Å². The van der Waals surface area contributed by atoms with Gasteiger partial charge in [0.1, 0.15) is 11.2 Å². The van der Waals surface area contributed by atoms with Crippen LogP contribution >= 0.6 is 0 Å². The molecule has 0 aromatic heterocycles. The Balaban J connectivity index is 0.000000197. The van der Waals surface area contributed by atoms with E-state index in [1.54, 1.807) is 0 Å². The molecule has 5 rings (SSSR count). The van der Waals surface area contributed by atoms with Crippen LogP contribution in [0.3, 0.4) is 0 Å². The van der Waals surface area contributed by atoms with Crippen molar-refractivity contribution in [1.82, 2.24) is 10.6 Å². The fourth-order valence-electron chi connectivity index (χ4n) is 7.09. The van der Waals surface area contributed by atoms with Gasteiger partial charge >= 0.3 is 18.2 Å². The van der Waals surface area contributed by atoms with Gasteiger partial charge in [0.25, 0.3) is 0 Å². The number of methoxy groups -OCH3 is 1. The number of nitrogens with two attached hydrogens (primary N) is 1. The van der Waals surface area contributed by atoms with Crippen LogP contribution < -0.4 is 16.4 Å². The second-order valence-electron chi connectivity index (χ2n) is 16.7. The van der Waals surface area contributed by atoms with E-state index in [1.165, 1.54) is 7.11 Å². The first-order valence-electron chi connectivity index (χ1n) is 18.1. The molecular weight excluding hydrogens is 602 g/mol. The fourth-order valence-corrected chi connectivity index (χ4v) is 7.09. The van der Waals surface area contributed by atoms with Gasteiger partial charge in [-0.05, 0) is 156 Å². The van der Waals surface area contributed by atoms with E-state index < -0.39 is 11.2 Å². The van der Waals surface area contributed by atoms with Crippen molar-refractivity contribution >= 4 is 18.2 Å². The van der Waals surface area contributed by atoms with Crippen molar-refractivity contribution in [3.8, 4) is 0 Å². The quantitative estimate of drug-likeness (QED) is 0.178. The van der Waals surface area contributed by atoms with E-state index in [9.17, 15) is 24.6 Å². The number of alkyl carbamates (subject to hydrolysis) is 2. The summed E-state index contributed by atoms with van der Waals surface area (Å²) in [5.41, 5.74) is 4.25. The monoisotopic (exact) mass is 667 g/mol. The third kappa shape index (κ3) is 14.1. The summed E-state index contributed by atoms with van der Waals surface area (Å²) >= 11 is 0. The SMILES string of the molecule is CC(C)(C)OC(=O)NC1CCC(C2(O)CC2)CC1.COC(=O)C1CCC(NC(=O)OC(C)(C)C)CC1.NC1CCC(C2(O)CC2)CC1. The van der Waals surface area contributed by atoms with Crippen molar-refractivity contribution in [2.24, 2.45) is 23.5 Å². The van der Waals surface area contributed by atoms with Gasteiger partial charge in [-0.15, -0.1) is 0 Å². The van der Waals surface area contributed by atoms with Gasteiger partial charge in [0, 0.05) is 18.1 Å². The van der Waals surface area contributed by atoms with E-state index in [1.807, 2.05) is 41.5 Å². The normalized spacial score (nSPS) is 30.9. The minimum absolute atomic E-state index is 0.0216. The number of rotatable bonds is 5. The lowest BCUT2D eigenvalue weighted by molar-refractivity contribution is -0.146. The number of carbonyl (C=O) groups excluding carboxylic acids is 3. The van der Waals surface area contributed by atoms with Gasteiger partial charge in [-0.2, -0.15) is 0 Å². The fraction of sp³-hybridized carbons (Fsp3) is 0.917. The van der Waals surface area contributed by atoms with E-state index in [0.29, 0.717) is 17.9 Å². The van der Waals surface area contributed by atoms with Crippen LogP contribution in [0.2, 0.25) is 0 Å². The van der Waals surface area contributed by atoms with E-state index in [0.717, 1.165) is 103 Å². The molecule has 0 bridgehead atoms. The van der Waals surface area contributed by atoms with Crippen molar-refractivity contribution in [2.45, 2.75) is 185 Å². The molecular formula is C36H65N3O8. The zero-order valence-corrected chi connectivity index (χ0v) is 30.2. The van der Waals surface area contributed by atoms with Crippen LogP contribution in [0.4, 0.5) is 9.59 Å². The maximum absolute atomic E-state index is 11.6. The lowest BCUT2D eigenvalue weighted by Gasteiger charge is -2.32. The second-order valence-corrected chi connectivity index (χ2v) is 16.7. The van der Waals surface area contributed by atoms with Crippen molar-refractivity contribution in [3.63, 3.8) is 0 Å². The average Bonchev–Trinajstić information content (AvgIpc) is 3.91. The number of nitrogens with one attached hydrogen (secondary N) is 2. The van der Waals surface area contributed by atoms with E-state index in [-0.39, 0.29) is 47.4 Å². The molecule has 11 heteroatoms. The highest BCUT2D eigenvalue weighted by atomic mass is 16.6. The number of hydrogen-bond donors (Lipinski definition) is 5. The molecule has 0 saturated heterocycles. The Labute approximate surface area is 282 Å². The first-order valence-corrected chi connectivity index (χ1v) is 18.1. The van der Waals surface area contributed by atoms with Gasteiger partial charge in [0.15, 0.2) is 0 Å². The molecule has 6 N–H and O–H groups in total. The molecule has 0 atom stereocenters. The molecule has 0 aromatic rings. The largest absolute Gasteiger partial charge is 0.469 e. The molecule has 0 radical (unpaired) electrons. The maximum atomic E-state index is 11.6. The van der Waals surface area contributed by atoms with Gasteiger partial charge in [0.05, 0.1) is 24.2 Å². The zero-order valence-electron chi connectivity index (χ0n) is 30.2. The molecule has 0 aliphatic heterocycles. The molecule has 47 heavy (non-hydrogen) atoms. The highest BCUT2D eigenvalue weighted by molar-refractivity contribution is 5.72. The molecule has 0 spiro atoms. The predicted octanol–water partition coefficient (Wildman–Crippen LogP) is 5.87. The van der Waals surface area contributed by atoms with E-state index in [2.05, 4.69) is 10.6 Å². The molecule has 5 fully saturated rings. The van der Waals surface area contributed by atoms with Crippen LogP contribution in [0.1, 0.15) is 144 Å². The number of aliphatic hydroxyl groups is 2. The van der Waals surface area contributed by atoms with E-state index >= 15 is 0 Å². The Morgan fingerprint density at radius 1 is 0.617 bits per heavy atom.